The van der Waals surface area contributed by atoms with Gasteiger partial charge in [-0.2, -0.15) is 11.8 Å². The van der Waals surface area contributed by atoms with Crippen LogP contribution in [0.2, 0.25) is 0 Å². The SMILES string of the molecule is CC(C)CC(CN)(CC(C)C)N1CCSCC1. The van der Waals surface area contributed by atoms with Gasteiger partial charge in [0.2, 0.25) is 0 Å². The Labute approximate surface area is 112 Å². The summed E-state index contributed by atoms with van der Waals surface area (Å²) in [6, 6.07) is 0. The third-order valence-electron chi connectivity index (χ3n) is 3.64. The van der Waals surface area contributed by atoms with Gasteiger partial charge in [-0.15, -0.1) is 0 Å². The minimum atomic E-state index is 0.253. The van der Waals surface area contributed by atoms with Gasteiger partial charge in [-0.05, 0) is 24.7 Å². The highest BCUT2D eigenvalue weighted by Gasteiger charge is 2.37. The first-order chi connectivity index (χ1) is 8.00. The molecule has 0 aromatic rings. The fourth-order valence-corrected chi connectivity index (χ4v) is 4.10. The second-order valence-electron chi connectivity index (χ2n) is 6.22. The molecule has 0 saturated carbocycles. The van der Waals surface area contributed by atoms with E-state index in [-0.39, 0.29) is 5.54 Å². The van der Waals surface area contributed by atoms with E-state index in [9.17, 15) is 0 Å². The lowest BCUT2D eigenvalue weighted by Crippen LogP contribution is -2.57. The standard InChI is InChI=1S/C14H30N2S/c1-12(2)9-14(11-15,10-13(3)4)16-5-7-17-8-6-16/h12-13H,5-11,15H2,1-4H3. The van der Waals surface area contributed by atoms with Crippen LogP contribution in [0.5, 0.6) is 0 Å². The average molecular weight is 258 g/mol. The molecule has 0 spiro atoms. The molecule has 0 atom stereocenters. The molecule has 0 radical (unpaired) electrons. The molecule has 0 aliphatic carbocycles. The number of hydrogen-bond donors (Lipinski definition) is 1. The summed E-state index contributed by atoms with van der Waals surface area (Å²) in [5, 5.41) is 0. The van der Waals surface area contributed by atoms with Crippen molar-refractivity contribution < 1.29 is 0 Å². The molecule has 0 aromatic carbocycles. The van der Waals surface area contributed by atoms with Gasteiger partial charge >= 0.3 is 0 Å². The maximum Gasteiger partial charge on any atom is 0.0337 e. The number of hydrogen-bond acceptors (Lipinski definition) is 3. The summed E-state index contributed by atoms with van der Waals surface area (Å²) < 4.78 is 0. The Bertz CT molecular complexity index is 200. The Hall–Kier alpha value is 0.270. The molecule has 0 aromatic heterocycles. The maximum absolute atomic E-state index is 6.19. The third kappa shape index (κ3) is 4.46. The number of nitrogens with zero attached hydrogens (tertiary/aromatic N) is 1. The highest BCUT2D eigenvalue weighted by atomic mass is 32.2. The van der Waals surface area contributed by atoms with Crippen molar-refractivity contribution in [1.82, 2.24) is 4.90 Å². The summed E-state index contributed by atoms with van der Waals surface area (Å²) in [7, 11) is 0. The van der Waals surface area contributed by atoms with Crippen molar-refractivity contribution in [1.29, 1.82) is 0 Å². The van der Waals surface area contributed by atoms with Crippen LogP contribution < -0.4 is 5.73 Å². The van der Waals surface area contributed by atoms with Gasteiger partial charge in [-0.3, -0.25) is 4.90 Å². The van der Waals surface area contributed by atoms with Crippen molar-refractivity contribution in [2.24, 2.45) is 17.6 Å². The van der Waals surface area contributed by atoms with Gasteiger partial charge < -0.3 is 5.73 Å². The number of rotatable bonds is 6. The molecule has 1 saturated heterocycles. The van der Waals surface area contributed by atoms with E-state index in [1.807, 2.05) is 0 Å². The molecule has 17 heavy (non-hydrogen) atoms. The Morgan fingerprint density at radius 3 is 1.88 bits per heavy atom. The molecule has 3 heteroatoms. The molecule has 1 aliphatic heterocycles. The van der Waals surface area contributed by atoms with E-state index in [0.717, 1.165) is 18.4 Å². The first-order valence-electron chi connectivity index (χ1n) is 7.03. The van der Waals surface area contributed by atoms with Crippen LogP contribution >= 0.6 is 11.8 Å². The van der Waals surface area contributed by atoms with Crippen LogP contribution in [0.15, 0.2) is 0 Å². The molecule has 1 aliphatic rings. The molecule has 0 bridgehead atoms. The minimum Gasteiger partial charge on any atom is -0.329 e. The lowest BCUT2D eigenvalue weighted by Gasteiger charge is -2.47. The fourth-order valence-electron chi connectivity index (χ4n) is 3.19. The second-order valence-corrected chi connectivity index (χ2v) is 7.45. The lowest BCUT2D eigenvalue weighted by atomic mass is 9.80. The van der Waals surface area contributed by atoms with Crippen molar-refractivity contribution >= 4 is 11.8 Å². The molecule has 1 heterocycles. The molecule has 0 amide bonds. The molecular weight excluding hydrogens is 228 g/mol. The van der Waals surface area contributed by atoms with Crippen molar-refractivity contribution in [3.8, 4) is 0 Å². The Morgan fingerprint density at radius 2 is 1.53 bits per heavy atom. The largest absolute Gasteiger partial charge is 0.329 e. The smallest absolute Gasteiger partial charge is 0.0337 e. The van der Waals surface area contributed by atoms with Crippen LogP contribution in [0, 0.1) is 11.8 Å². The second kappa shape index (κ2) is 7.01. The van der Waals surface area contributed by atoms with Crippen LogP contribution in [0.4, 0.5) is 0 Å². The first-order valence-corrected chi connectivity index (χ1v) is 8.18. The van der Waals surface area contributed by atoms with Crippen LogP contribution in [-0.4, -0.2) is 41.6 Å². The van der Waals surface area contributed by atoms with E-state index in [0.29, 0.717) is 0 Å². The van der Waals surface area contributed by atoms with Gasteiger partial charge in [0.1, 0.15) is 0 Å². The molecule has 1 fully saturated rings. The monoisotopic (exact) mass is 258 g/mol. The summed E-state index contributed by atoms with van der Waals surface area (Å²) in [4.78, 5) is 2.68. The van der Waals surface area contributed by atoms with Gasteiger partial charge in [-0.1, -0.05) is 27.7 Å². The van der Waals surface area contributed by atoms with Crippen LogP contribution in [0.3, 0.4) is 0 Å². The van der Waals surface area contributed by atoms with Crippen molar-refractivity contribution in [3.05, 3.63) is 0 Å². The molecule has 102 valence electrons. The normalized spacial score (nSPS) is 19.2. The molecule has 2 nitrogen and oxygen atoms in total. The van der Waals surface area contributed by atoms with E-state index >= 15 is 0 Å². The Kier molecular flexibility index (Phi) is 6.32. The van der Waals surface area contributed by atoms with E-state index < -0.39 is 0 Å². The third-order valence-corrected chi connectivity index (χ3v) is 4.58. The Morgan fingerprint density at radius 1 is 1.06 bits per heavy atom. The quantitative estimate of drug-likeness (QED) is 0.794. The zero-order chi connectivity index (χ0) is 12.9. The minimum absolute atomic E-state index is 0.253. The van der Waals surface area contributed by atoms with Crippen LogP contribution in [0.1, 0.15) is 40.5 Å². The summed E-state index contributed by atoms with van der Waals surface area (Å²) in [5.74, 6) is 4.01. The van der Waals surface area contributed by atoms with E-state index in [2.05, 4.69) is 44.4 Å². The Balaban J connectivity index is 2.79. The number of nitrogens with two attached hydrogens (primary N) is 1. The van der Waals surface area contributed by atoms with Crippen molar-refractivity contribution in [2.45, 2.75) is 46.1 Å². The van der Waals surface area contributed by atoms with E-state index in [4.69, 9.17) is 5.73 Å². The zero-order valence-electron chi connectivity index (χ0n) is 12.0. The molecule has 2 N–H and O–H groups in total. The summed E-state index contributed by atoms with van der Waals surface area (Å²) in [6.45, 7) is 12.6. The average Bonchev–Trinajstić information content (AvgIpc) is 2.28. The van der Waals surface area contributed by atoms with Gasteiger partial charge in [0, 0.05) is 36.7 Å². The zero-order valence-corrected chi connectivity index (χ0v) is 12.9. The van der Waals surface area contributed by atoms with Crippen LogP contribution in [-0.2, 0) is 0 Å². The number of thioether (sulfide) groups is 1. The highest BCUT2D eigenvalue weighted by molar-refractivity contribution is 7.99. The van der Waals surface area contributed by atoms with Gasteiger partial charge in [0.15, 0.2) is 0 Å². The van der Waals surface area contributed by atoms with Crippen molar-refractivity contribution in [3.63, 3.8) is 0 Å². The summed E-state index contributed by atoms with van der Waals surface area (Å²) >= 11 is 2.08. The topological polar surface area (TPSA) is 29.3 Å². The van der Waals surface area contributed by atoms with E-state index in [1.165, 1.54) is 37.4 Å². The maximum atomic E-state index is 6.19. The highest BCUT2D eigenvalue weighted by Crippen LogP contribution is 2.32. The lowest BCUT2D eigenvalue weighted by molar-refractivity contribution is 0.0626. The van der Waals surface area contributed by atoms with Gasteiger partial charge in [-0.25, -0.2) is 0 Å². The molecular formula is C14H30N2S. The first kappa shape index (κ1) is 15.3. The summed E-state index contributed by atoms with van der Waals surface area (Å²) in [5.41, 5.74) is 6.44. The van der Waals surface area contributed by atoms with Crippen molar-refractivity contribution in [2.75, 3.05) is 31.1 Å². The predicted molar refractivity (Wildman–Crippen MR) is 79.6 cm³/mol. The predicted octanol–water partition coefficient (Wildman–Crippen LogP) is 2.82. The van der Waals surface area contributed by atoms with Crippen LogP contribution in [0.25, 0.3) is 0 Å². The fraction of sp³-hybridized carbons (Fsp3) is 1.00. The van der Waals surface area contributed by atoms with Gasteiger partial charge in [0.05, 0.1) is 0 Å². The molecule has 1 rings (SSSR count). The summed E-state index contributed by atoms with van der Waals surface area (Å²) in [6.07, 6.45) is 2.48. The van der Waals surface area contributed by atoms with E-state index in [1.54, 1.807) is 0 Å². The molecule has 0 unspecified atom stereocenters. The van der Waals surface area contributed by atoms with Gasteiger partial charge in [0.25, 0.3) is 0 Å².